The molecule has 0 unspecified atom stereocenters. The maximum Gasteiger partial charge on any atom is 0.303 e. The lowest BCUT2D eigenvalue weighted by Crippen LogP contribution is -2.49. The van der Waals surface area contributed by atoms with Crippen LogP contribution in [0, 0.1) is 13.8 Å². The molecule has 0 aliphatic carbocycles. The van der Waals surface area contributed by atoms with E-state index in [1.165, 1.54) is 16.8 Å². The third kappa shape index (κ3) is 6.10. The van der Waals surface area contributed by atoms with Gasteiger partial charge in [0.1, 0.15) is 0 Å². The number of carbonyl (C=O) groups is 2. The Morgan fingerprint density at radius 3 is 2.38 bits per heavy atom. The topological polar surface area (TPSA) is 86.6 Å². The molecular weight excluding hydrogens is 524 g/mol. The molecule has 1 aliphatic heterocycles. The molecule has 4 aromatic rings. The van der Waals surface area contributed by atoms with Crippen LogP contribution in [0.3, 0.4) is 0 Å². The fourth-order valence-corrected chi connectivity index (χ4v) is 5.34. The highest BCUT2D eigenvalue weighted by Crippen LogP contribution is 2.28. The fraction of sp³-hybridized carbons (Fsp3) is 0.312. The number of halogens is 1. The average Bonchev–Trinajstić information content (AvgIpc) is 2.96. The number of benzene rings is 3. The van der Waals surface area contributed by atoms with E-state index in [4.69, 9.17) is 26.7 Å². The van der Waals surface area contributed by atoms with Gasteiger partial charge in [0.25, 0.3) is 5.91 Å². The molecule has 40 heavy (non-hydrogen) atoms. The van der Waals surface area contributed by atoms with E-state index in [1.54, 1.807) is 0 Å². The van der Waals surface area contributed by atoms with E-state index < -0.39 is 5.97 Å². The predicted molar refractivity (Wildman–Crippen MR) is 159 cm³/mol. The van der Waals surface area contributed by atoms with Gasteiger partial charge in [0, 0.05) is 54.4 Å². The Labute approximate surface area is 239 Å². The quantitative estimate of drug-likeness (QED) is 0.255. The molecule has 1 saturated heterocycles. The van der Waals surface area contributed by atoms with Crippen LogP contribution in [0.2, 0.25) is 5.02 Å². The smallest absolute Gasteiger partial charge is 0.303 e. The van der Waals surface area contributed by atoms with E-state index in [0.29, 0.717) is 54.0 Å². The number of amides is 1. The number of rotatable bonds is 8. The maximum atomic E-state index is 13.5. The van der Waals surface area contributed by atoms with Crippen LogP contribution >= 0.6 is 11.6 Å². The van der Waals surface area contributed by atoms with Gasteiger partial charge in [0.2, 0.25) is 0 Å². The second-order valence-corrected chi connectivity index (χ2v) is 10.8. The molecule has 0 atom stereocenters. The van der Waals surface area contributed by atoms with Crippen molar-refractivity contribution in [3.8, 4) is 11.3 Å². The SMILES string of the molecule is Cc1cccc(N2CCN(C(=O)c3ccc4nc(-c5ccc(Cl)cc5)c(CCCCC(=O)O)nc4c3)CC2)c1C. The number of carboxylic acid groups (broad SMARTS) is 1. The van der Waals surface area contributed by atoms with Crippen molar-refractivity contribution in [2.24, 2.45) is 0 Å². The number of anilines is 1. The van der Waals surface area contributed by atoms with Gasteiger partial charge < -0.3 is 14.9 Å². The molecule has 1 N–H and O–H groups in total. The Morgan fingerprint density at radius 2 is 1.65 bits per heavy atom. The molecule has 1 aliphatic rings. The van der Waals surface area contributed by atoms with Crippen molar-refractivity contribution >= 4 is 40.2 Å². The van der Waals surface area contributed by atoms with Crippen LogP contribution in [0.15, 0.2) is 60.7 Å². The number of piperazine rings is 1. The maximum absolute atomic E-state index is 13.5. The molecule has 0 spiro atoms. The lowest BCUT2D eigenvalue weighted by atomic mass is 10.0. The zero-order valence-corrected chi connectivity index (χ0v) is 23.6. The van der Waals surface area contributed by atoms with Gasteiger partial charge in [0.05, 0.1) is 22.4 Å². The van der Waals surface area contributed by atoms with Crippen LogP contribution in [-0.2, 0) is 11.2 Å². The van der Waals surface area contributed by atoms with Crippen LogP contribution in [0.25, 0.3) is 22.3 Å². The number of hydrogen-bond acceptors (Lipinski definition) is 5. The first-order valence-corrected chi connectivity index (χ1v) is 14.1. The van der Waals surface area contributed by atoms with Gasteiger partial charge >= 0.3 is 5.97 Å². The lowest BCUT2D eigenvalue weighted by Gasteiger charge is -2.37. The van der Waals surface area contributed by atoms with E-state index in [2.05, 4.69) is 36.9 Å². The van der Waals surface area contributed by atoms with Crippen LogP contribution in [-0.4, -0.2) is 58.0 Å². The lowest BCUT2D eigenvalue weighted by molar-refractivity contribution is -0.137. The summed E-state index contributed by atoms with van der Waals surface area (Å²) in [6.45, 7) is 7.15. The highest BCUT2D eigenvalue weighted by Gasteiger charge is 2.24. The number of hydrogen-bond donors (Lipinski definition) is 1. The summed E-state index contributed by atoms with van der Waals surface area (Å²) >= 11 is 6.10. The first-order chi connectivity index (χ1) is 19.3. The van der Waals surface area contributed by atoms with Crippen molar-refractivity contribution < 1.29 is 14.7 Å². The van der Waals surface area contributed by atoms with Crippen LogP contribution in [0.4, 0.5) is 5.69 Å². The standard InChI is InChI=1S/C32H33ClN4O3/c1-21-6-5-8-29(22(21)2)36-16-18-37(19-17-36)32(40)24-12-15-26-28(20-24)34-27(7-3-4-9-30(38)39)31(35-26)23-10-13-25(33)14-11-23/h5-6,8,10-15,20H,3-4,7,9,16-19H2,1-2H3,(H,38,39). The van der Waals surface area contributed by atoms with Gasteiger partial charge in [-0.05, 0) is 80.6 Å². The Bertz CT molecular complexity index is 1550. The molecule has 1 aromatic heterocycles. The first-order valence-electron chi connectivity index (χ1n) is 13.7. The number of carbonyl (C=O) groups excluding carboxylic acids is 1. The molecule has 0 bridgehead atoms. The van der Waals surface area contributed by atoms with Crippen molar-refractivity contribution in [2.45, 2.75) is 39.5 Å². The highest BCUT2D eigenvalue weighted by atomic mass is 35.5. The number of aromatic nitrogens is 2. The van der Waals surface area contributed by atoms with Crippen molar-refractivity contribution in [2.75, 3.05) is 31.1 Å². The number of nitrogens with zero attached hydrogens (tertiary/aromatic N) is 4. The number of aryl methyl sites for hydroxylation is 2. The molecule has 0 saturated carbocycles. The van der Waals surface area contributed by atoms with Crippen LogP contribution in [0.1, 0.15) is 46.4 Å². The molecule has 0 radical (unpaired) electrons. The van der Waals surface area contributed by atoms with Crippen LogP contribution < -0.4 is 4.90 Å². The minimum Gasteiger partial charge on any atom is -0.481 e. The Morgan fingerprint density at radius 1 is 0.900 bits per heavy atom. The molecular formula is C32H33ClN4O3. The summed E-state index contributed by atoms with van der Waals surface area (Å²) in [4.78, 5) is 38.6. The first kappa shape index (κ1) is 27.6. The zero-order chi connectivity index (χ0) is 28.2. The van der Waals surface area contributed by atoms with Crippen molar-refractivity contribution in [3.05, 3.63) is 88.1 Å². The van der Waals surface area contributed by atoms with Gasteiger partial charge in [-0.2, -0.15) is 0 Å². The van der Waals surface area contributed by atoms with Gasteiger partial charge in [-0.3, -0.25) is 9.59 Å². The fourth-order valence-electron chi connectivity index (χ4n) is 5.22. The van der Waals surface area contributed by atoms with E-state index in [9.17, 15) is 9.59 Å². The molecule has 1 amide bonds. The van der Waals surface area contributed by atoms with Gasteiger partial charge in [-0.1, -0.05) is 35.9 Å². The second kappa shape index (κ2) is 12.0. The summed E-state index contributed by atoms with van der Waals surface area (Å²) in [6, 6.07) is 19.3. The number of carboxylic acids is 1. The predicted octanol–water partition coefficient (Wildman–Crippen LogP) is 6.33. The Balaban J connectivity index is 1.37. The zero-order valence-electron chi connectivity index (χ0n) is 22.9. The summed E-state index contributed by atoms with van der Waals surface area (Å²) in [6.07, 6.45) is 1.94. The number of aliphatic carboxylic acids is 1. The van der Waals surface area contributed by atoms with Crippen LogP contribution in [0.5, 0.6) is 0 Å². The third-order valence-corrected chi connectivity index (χ3v) is 7.89. The van der Waals surface area contributed by atoms with Gasteiger partial charge in [-0.15, -0.1) is 0 Å². The normalized spacial score (nSPS) is 13.6. The van der Waals surface area contributed by atoms with Gasteiger partial charge in [0.15, 0.2) is 0 Å². The molecule has 2 heterocycles. The van der Waals surface area contributed by atoms with E-state index in [0.717, 1.165) is 30.0 Å². The molecule has 7 nitrogen and oxygen atoms in total. The molecule has 206 valence electrons. The minimum absolute atomic E-state index is 0.00546. The second-order valence-electron chi connectivity index (χ2n) is 10.3. The summed E-state index contributed by atoms with van der Waals surface area (Å²) < 4.78 is 0. The molecule has 3 aromatic carbocycles. The van der Waals surface area contributed by atoms with Crippen molar-refractivity contribution in [1.82, 2.24) is 14.9 Å². The Kier molecular flexibility index (Phi) is 8.31. The number of fused-ring (bicyclic) bond motifs is 1. The third-order valence-electron chi connectivity index (χ3n) is 7.64. The monoisotopic (exact) mass is 556 g/mol. The Hall–Kier alpha value is -3.97. The summed E-state index contributed by atoms with van der Waals surface area (Å²) in [5.74, 6) is -0.811. The summed E-state index contributed by atoms with van der Waals surface area (Å²) in [5, 5.41) is 9.65. The van der Waals surface area contributed by atoms with E-state index >= 15 is 0 Å². The summed E-state index contributed by atoms with van der Waals surface area (Å²) in [7, 11) is 0. The largest absolute Gasteiger partial charge is 0.481 e. The minimum atomic E-state index is -0.805. The molecule has 1 fully saturated rings. The van der Waals surface area contributed by atoms with Crippen molar-refractivity contribution in [3.63, 3.8) is 0 Å². The molecule has 5 rings (SSSR count). The summed E-state index contributed by atoms with van der Waals surface area (Å²) in [5.41, 5.74) is 8.18. The average molecular weight is 557 g/mol. The van der Waals surface area contributed by atoms with Crippen molar-refractivity contribution in [1.29, 1.82) is 0 Å². The van der Waals surface area contributed by atoms with E-state index in [1.807, 2.05) is 47.4 Å². The van der Waals surface area contributed by atoms with Gasteiger partial charge in [-0.25, -0.2) is 9.97 Å². The molecule has 8 heteroatoms. The highest BCUT2D eigenvalue weighted by molar-refractivity contribution is 6.30. The number of unbranched alkanes of at least 4 members (excludes halogenated alkanes) is 1. The van der Waals surface area contributed by atoms with E-state index in [-0.39, 0.29) is 12.3 Å².